The van der Waals surface area contributed by atoms with Gasteiger partial charge in [-0.1, -0.05) is 23.7 Å². The van der Waals surface area contributed by atoms with E-state index in [4.69, 9.17) is 26.8 Å². The zero-order valence-corrected chi connectivity index (χ0v) is 13.9. The molecule has 1 aromatic heterocycles. The molecule has 0 aliphatic carbocycles. The van der Waals surface area contributed by atoms with Crippen molar-refractivity contribution in [3.63, 3.8) is 0 Å². The van der Waals surface area contributed by atoms with E-state index in [2.05, 4.69) is 15.1 Å². The summed E-state index contributed by atoms with van der Waals surface area (Å²) in [7, 11) is 1.36. The number of hydrogen-bond donors (Lipinski definition) is 1. The predicted octanol–water partition coefficient (Wildman–Crippen LogP) is 2.08. The highest BCUT2D eigenvalue weighted by molar-refractivity contribution is 6.29. The third-order valence-electron chi connectivity index (χ3n) is 3.88. The molecule has 1 fully saturated rings. The molecule has 0 unspecified atom stereocenters. The molecular formula is C16H17ClN4O3. The molecule has 8 heteroatoms. The number of morpholine rings is 1. The number of hydrogen-bond acceptors (Lipinski definition) is 7. The first-order valence-electron chi connectivity index (χ1n) is 7.42. The lowest BCUT2D eigenvalue weighted by atomic mass is 10.1. The van der Waals surface area contributed by atoms with Crippen molar-refractivity contribution in [2.24, 2.45) is 0 Å². The predicted molar refractivity (Wildman–Crippen MR) is 90.1 cm³/mol. The Labute approximate surface area is 144 Å². The Morgan fingerprint density at radius 3 is 2.83 bits per heavy atom. The molecule has 126 valence electrons. The van der Waals surface area contributed by atoms with Crippen LogP contribution in [0.5, 0.6) is 0 Å². The van der Waals surface area contributed by atoms with Gasteiger partial charge in [0.25, 0.3) is 0 Å². The summed E-state index contributed by atoms with van der Waals surface area (Å²) in [4.78, 5) is 13.6. The molecule has 1 atom stereocenters. The Hall–Kier alpha value is -2.38. The Morgan fingerprint density at radius 2 is 2.12 bits per heavy atom. The fraction of sp³-hybridized carbons (Fsp3) is 0.312. The van der Waals surface area contributed by atoms with Crippen LogP contribution in [-0.4, -0.2) is 43.0 Å². The summed E-state index contributed by atoms with van der Waals surface area (Å²) in [5.41, 5.74) is 8.13. The molecule has 1 aliphatic heterocycles. The highest BCUT2D eigenvalue weighted by atomic mass is 35.5. The number of aromatic nitrogens is 2. The first-order chi connectivity index (χ1) is 11.6. The van der Waals surface area contributed by atoms with Crippen molar-refractivity contribution in [1.29, 1.82) is 0 Å². The number of carbonyl (C=O) groups is 1. The van der Waals surface area contributed by atoms with Gasteiger partial charge in [0.05, 0.1) is 25.0 Å². The van der Waals surface area contributed by atoms with Crippen LogP contribution in [-0.2, 0) is 9.47 Å². The van der Waals surface area contributed by atoms with Crippen LogP contribution in [0.4, 0.5) is 11.5 Å². The third-order valence-corrected chi connectivity index (χ3v) is 4.07. The average Bonchev–Trinajstić information content (AvgIpc) is 2.63. The Kier molecular flexibility index (Phi) is 4.82. The van der Waals surface area contributed by atoms with Crippen LogP contribution in [0.15, 0.2) is 30.3 Å². The van der Waals surface area contributed by atoms with Gasteiger partial charge in [-0.05, 0) is 17.7 Å². The maximum absolute atomic E-state index is 11.5. The Morgan fingerprint density at radius 1 is 1.38 bits per heavy atom. The van der Waals surface area contributed by atoms with E-state index in [1.807, 2.05) is 12.1 Å². The van der Waals surface area contributed by atoms with E-state index in [1.165, 1.54) is 7.11 Å². The minimum Gasteiger partial charge on any atom is -0.465 e. The number of halogens is 1. The van der Waals surface area contributed by atoms with Gasteiger partial charge in [0, 0.05) is 19.2 Å². The zero-order chi connectivity index (χ0) is 17.1. The first-order valence-corrected chi connectivity index (χ1v) is 7.80. The Bertz CT molecular complexity index is 739. The van der Waals surface area contributed by atoms with Gasteiger partial charge in [-0.3, -0.25) is 0 Å². The number of nitrogens with two attached hydrogens (primary N) is 1. The molecule has 3 rings (SSSR count). The normalized spacial score (nSPS) is 17.6. The van der Waals surface area contributed by atoms with E-state index in [1.54, 1.807) is 18.2 Å². The smallest absolute Gasteiger partial charge is 0.337 e. The van der Waals surface area contributed by atoms with Gasteiger partial charge in [0.1, 0.15) is 6.10 Å². The van der Waals surface area contributed by atoms with Crippen molar-refractivity contribution in [3.05, 3.63) is 46.6 Å². The average molecular weight is 349 g/mol. The molecule has 1 aliphatic rings. The molecule has 24 heavy (non-hydrogen) atoms. The highest BCUT2D eigenvalue weighted by Crippen LogP contribution is 2.29. The van der Waals surface area contributed by atoms with Crippen molar-refractivity contribution >= 4 is 29.1 Å². The molecule has 2 heterocycles. The standard InChI is InChI=1S/C16H17ClN4O3/c1-23-16(22)11-4-2-10(3-5-11)13-9-21(6-7-24-13)12-8-14(17)19-20-15(12)18/h2-5,8,13H,6-7,9H2,1H3,(H2,18,20)/t13-/m0/s1. The van der Waals surface area contributed by atoms with Gasteiger partial charge < -0.3 is 20.1 Å². The van der Waals surface area contributed by atoms with Crippen LogP contribution in [0.2, 0.25) is 5.15 Å². The van der Waals surface area contributed by atoms with Crippen LogP contribution in [0.3, 0.4) is 0 Å². The van der Waals surface area contributed by atoms with Crippen LogP contribution >= 0.6 is 11.6 Å². The van der Waals surface area contributed by atoms with Crippen molar-refractivity contribution in [2.75, 3.05) is 37.4 Å². The lowest BCUT2D eigenvalue weighted by molar-refractivity contribution is 0.0397. The van der Waals surface area contributed by atoms with Crippen molar-refractivity contribution in [1.82, 2.24) is 10.2 Å². The molecule has 1 aromatic carbocycles. The summed E-state index contributed by atoms with van der Waals surface area (Å²) in [6, 6.07) is 8.88. The number of nitrogen functional groups attached to an aromatic ring is 1. The molecule has 1 saturated heterocycles. The van der Waals surface area contributed by atoms with Gasteiger partial charge >= 0.3 is 5.97 Å². The number of methoxy groups -OCH3 is 1. The molecule has 2 aromatic rings. The topological polar surface area (TPSA) is 90.6 Å². The van der Waals surface area contributed by atoms with Crippen LogP contribution in [0.25, 0.3) is 0 Å². The lowest BCUT2D eigenvalue weighted by Gasteiger charge is -2.35. The van der Waals surface area contributed by atoms with Crippen molar-refractivity contribution in [3.8, 4) is 0 Å². The third kappa shape index (κ3) is 3.42. The van der Waals surface area contributed by atoms with Crippen LogP contribution < -0.4 is 10.6 Å². The van der Waals surface area contributed by atoms with Gasteiger partial charge in [0.2, 0.25) is 0 Å². The summed E-state index contributed by atoms with van der Waals surface area (Å²) in [5, 5.41) is 7.88. The molecule has 0 amide bonds. The second-order valence-electron chi connectivity index (χ2n) is 5.36. The van der Waals surface area contributed by atoms with Gasteiger partial charge in [-0.15, -0.1) is 10.2 Å². The maximum atomic E-state index is 11.5. The number of carbonyl (C=O) groups excluding carboxylic acids is 1. The van der Waals surface area contributed by atoms with Crippen molar-refractivity contribution < 1.29 is 14.3 Å². The van der Waals surface area contributed by atoms with E-state index in [0.717, 1.165) is 11.3 Å². The largest absolute Gasteiger partial charge is 0.465 e. The van der Waals surface area contributed by atoms with Crippen LogP contribution in [0, 0.1) is 0 Å². The van der Waals surface area contributed by atoms with Gasteiger partial charge in [-0.25, -0.2) is 4.79 Å². The summed E-state index contributed by atoms with van der Waals surface area (Å²) >= 11 is 5.92. The number of ether oxygens (including phenoxy) is 2. The molecule has 0 radical (unpaired) electrons. The first kappa shape index (κ1) is 16.5. The van der Waals surface area contributed by atoms with Crippen LogP contribution in [0.1, 0.15) is 22.0 Å². The number of anilines is 2. The summed E-state index contributed by atoms with van der Waals surface area (Å²) < 4.78 is 10.5. The van der Waals surface area contributed by atoms with E-state index in [-0.39, 0.29) is 12.1 Å². The van der Waals surface area contributed by atoms with E-state index in [9.17, 15) is 4.79 Å². The SMILES string of the molecule is COC(=O)c1ccc([C@@H]2CN(c3cc(Cl)nnc3N)CCO2)cc1. The minimum atomic E-state index is -0.363. The van der Waals surface area contributed by atoms with Crippen molar-refractivity contribution in [2.45, 2.75) is 6.10 Å². The second kappa shape index (κ2) is 7.02. The van der Waals surface area contributed by atoms with E-state index >= 15 is 0 Å². The summed E-state index contributed by atoms with van der Waals surface area (Å²) in [6.07, 6.45) is -0.142. The van der Waals surface area contributed by atoms with E-state index in [0.29, 0.717) is 36.2 Å². The van der Waals surface area contributed by atoms with Gasteiger partial charge in [0.15, 0.2) is 11.0 Å². The second-order valence-corrected chi connectivity index (χ2v) is 5.74. The summed E-state index contributed by atoms with van der Waals surface area (Å²) in [5.74, 6) is -0.0286. The fourth-order valence-corrected chi connectivity index (χ4v) is 2.78. The van der Waals surface area contributed by atoms with Gasteiger partial charge in [-0.2, -0.15) is 0 Å². The quantitative estimate of drug-likeness (QED) is 0.849. The number of esters is 1. The molecule has 0 saturated carbocycles. The molecule has 7 nitrogen and oxygen atoms in total. The highest BCUT2D eigenvalue weighted by Gasteiger charge is 2.24. The lowest BCUT2D eigenvalue weighted by Crippen LogP contribution is -2.39. The minimum absolute atomic E-state index is 0.142. The van der Waals surface area contributed by atoms with E-state index < -0.39 is 0 Å². The molecule has 2 N–H and O–H groups in total. The molecular weight excluding hydrogens is 332 g/mol. The number of benzene rings is 1. The zero-order valence-electron chi connectivity index (χ0n) is 13.1. The number of rotatable bonds is 3. The maximum Gasteiger partial charge on any atom is 0.337 e. The monoisotopic (exact) mass is 348 g/mol. The summed E-state index contributed by atoms with van der Waals surface area (Å²) in [6.45, 7) is 1.83. The molecule has 0 bridgehead atoms. The number of nitrogens with zero attached hydrogens (tertiary/aromatic N) is 3. The molecule has 0 spiro atoms. The fourth-order valence-electron chi connectivity index (χ4n) is 2.64. The Balaban J connectivity index is 1.78.